The molecule has 0 radical (unpaired) electrons. The predicted octanol–water partition coefficient (Wildman–Crippen LogP) is 3.33. The summed E-state index contributed by atoms with van der Waals surface area (Å²) in [4.78, 5) is 37.8. The van der Waals surface area contributed by atoms with Crippen molar-refractivity contribution in [3.8, 4) is 10.4 Å². The van der Waals surface area contributed by atoms with Gasteiger partial charge in [0, 0.05) is 37.4 Å². The molecule has 4 aromatic rings. The molecule has 0 saturated carbocycles. The van der Waals surface area contributed by atoms with Gasteiger partial charge in [0.1, 0.15) is 27.6 Å². The molecule has 0 saturated heterocycles. The van der Waals surface area contributed by atoms with Crippen LogP contribution in [0.25, 0.3) is 21.3 Å². The molecule has 0 aliphatic carbocycles. The molecule has 0 aromatic carbocycles. The van der Waals surface area contributed by atoms with Gasteiger partial charge in [-0.3, -0.25) is 14.6 Å². The number of carbonyl (C=O) groups is 1. The summed E-state index contributed by atoms with van der Waals surface area (Å²) in [5.74, 6) is 0.222. The summed E-state index contributed by atoms with van der Waals surface area (Å²) in [5, 5.41) is 17.7. The van der Waals surface area contributed by atoms with Crippen LogP contribution < -0.4 is 16.2 Å². The minimum Gasteiger partial charge on any atom is -0.383 e. The number of carbonyl (C=O) groups excluding carboxylic acids is 1. The molecule has 0 atom stereocenters. The van der Waals surface area contributed by atoms with E-state index in [2.05, 4.69) is 20.6 Å². The van der Waals surface area contributed by atoms with Crippen molar-refractivity contribution in [1.29, 1.82) is 0 Å². The second kappa shape index (κ2) is 8.13. The third-order valence-corrected chi connectivity index (χ3v) is 6.83. The van der Waals surface area contributed by atoms with Crippen LogP contribution in [-0.2, 0) is 12.6 Å². The van der Waals surface area contributed by atoms with Crippen LogP contribution >= 0.6 is 11.3 Å². The van der Waals surface area contributed by atoms with Gasteiger partial charge in [0.25, 0.3) is 11.5 Å². The Labute approximate surface area is 194 Å². The van der Waals surface area contributed by atoms with Gasteiger partial charge in [-0.2, -0.15) is 0 Å². The number of nitrogens with zero attached hydrogens (tertiary/aromatic N) is 3. The molecule has 0 unspecified atom stereocenters. The van der Waals surface area contributed by atoms with Crippen molar-refractivity contribution in [3.63, 3.8) is 0 Å². The number of aromatic nitrogens is 4. The number of pyridine rings is 2. The van der Waals surface area contributed by atoms with E-state index in [0.717, 1.165) is 21.8 Å². The minimum absolute atomic E-state index is 0.246. The van der Waals surface area contributed by atoms with E-state index < -0.39 is 5.60 Å². The first kappa shape index (κ1) is 22.7. The Kier molecular flexibility index (Phi) is 5.59. The quantitative estimate of drug-likeness (QED) is 0.358. The number of amides is 1. The van der Waals surface area contributed by atoms with E-state index in [-0.39, 0.29) is 17.2 Å². The van der Waals surface area contributed by atoms with E-state index in [9.17, 15) is 14.7 Å². The monoisotopic (exact) mass is 466 g/mol. The fourth-order valence-corrected chi connectivity index (χ4v) is 4.67. The van der Waals surface area contributed by atoms with E-state index in [1.165, 1.54) is 23.0 Å². The molecule has 4 rings (SSSR count). The minimum atomic E-state index is -1.16. The zero-order valence-corrected chi connectivity index (χ0v) is 20.1. The van der Waals surface area contributed by atoms with Gasteiger partial charge in [0.2, 0.25) is 0 Å². The van der Waals surface area contributed by atoms with Crippen LogP contribution in [0.1, 0.15) is 40.6 Å². The number of aromatic amines is 1. The Morgan fingerprint density at radius 3 is 2.67 bits per heavy atom. The first-order valence-corrected chi connectivity index (χ1v) is 11.2. The van der Waals surface area contributed by atoms with Crippen LogP contribution in [0.3, 0.4) is 0 Å². The molecule has 4 N–H and O–H groups in total. The molecule has 0 aliphatic rings. The highest BCUT2D eigenvalue weighted by Gasteiger charge is 2.27. The summed E-state index contributed by atoms with van der Waals surface area (Å²) >= 11 is 1.33. The Hall–Kier alpha value is -3.50. The molecule has 0 spiro atoms. The van der Waals surface area contributed by atoms with Crippen LogP contribution in [0.5, 0.6) is 0 Å². The summed E-state index contributed by atoms with van der Waals surface area (Å²) < 4.78 is 1.47. The predicted molar refractivity (Wildman–Crippen MR) is 130 cm³/mol. The molecule has 9 nitrogen and oxygen atoms in total. The highest BCUT2D eigenvalue weighted by molar-refractivity contribution is 7.16. The maximum atomic E-state index is 12.8. The summed E-state index contributed by atoms with van der Waals surface area (Å²) in [7, 11) is 3.19. The zero-order chi connectivity index (χ0) is 24.1. The third-order valence-electron chi connectivity index (χ3n) is 5.42. The molecular formula is C23H26N6O3S. The Balaban J connectivity index is 1.99. The Bertz CT molecular complexity index is 1420. The number of hydrogen-bond donors (Lipinski definition) is 4. The SMILES string of the molecule is CNC(=O)c1cc2c(-c3sc(C(C)(C)O)nc3Nc3c(C)ccnc3C)cn(C)c(=O)c2[nH]1. The van der Waals surface area contributed by atoms with E-state index >= 15 is 0 Å². The maximum Gasteiger partial charge on any atom is 0.274 e. The maximum absolute atomic E-state index is 12.8. The van der Waals surface area contributed by atoms with E-state index in [0.29, 0.717) is 27.3 Å². The lowest BCUT2D eigenvalue weighted by Gasteiger charge is -2.13. The van der Waals surface area contributed by atoms with Crippen molar-refractivity contribution >= 4 is 39.7 Å². The van der Waals surface area contributed by atoms with Gasteiger partial charge in [-0.25, -0.2) is 4.98 Å². The lowest BCUT2D eigenvalue weighted by atomic mass is 10.1. The molecular weight excluding hydrogens is 440 g/mol. The summed E-state index contributed by atoms with van der Waals surface area (Å²) in [6.07, 6.45) is 3.47. The van der Waals surface area contributed by atoms with Gasteiger partial charge in [-0.15, -0.1) is 11.3 Å². The summed E-state index contributed by atoms with van der Waals surface area (Å²) in [6.45, 7) is 7.24. The van der Waals surface area contributed by atoms with Crippen molar-refractivity contribution < 1.29 is 9.90 Å². The van der Waals surface area contributed by atoms with E-state index in [4.69, 9.17) is 4.98 Å². The molecule has 0 bridgehead atoms. The fraction of sp³-hybridized carbons (Fsp3) is 0.304. The van der Waals surface area contributed by atoms with Gasteiger partial charge in [0.05, 0.1) is 16.3 Å². The molecule has 172 valence electrons. The number of nitrogens with one attached hydrogen (secondary N) is 3. The van der Waals surface area contributed by atoms with Gasteiger partial charge in [-0.05, 0) is 45.4 Å². The molecule has 33 heavy (non-hydrogen) atoms. The van der Waals surface area contributed by atoms with Gasteiger partial charge >= 0.3 is 0 Å². The van der Waals surface area contributed by atoms with E-state index in [1.54, 1.807) is 39.4 Å². The normalized spacial score (nSPS) is 11.7. The standard InChI is InChI=1S/C23H26N6O3S/c1-11-7-8-25-12(2)16(11)27-19-18(33-22(28-19)23(3,4)32)14-10-29(6)21(31)17-13(14)9-15(26-17)20(30)24-5/h7-10,26-27,32H,1-6H3,(H,24,30). The van der Waals surface area contributed by atoms with Gasteiger partial charge in [0.15, 0.2) is 0 Å². The average Bonchev–Trinajstić information content (AvgIpc) is 3.38. The second-order valence-electron chi connectivity index (χ2n) is 8.48. The topological polar surface area (TPSA) is 125 Å². The molecule has 10 heteroatoms. The van der Waals surface area contributed by atoms with Gasteiger partial charge < -0.3 is 25.3 Å². The number of fused-ring (bicyclic) bond motifs is 1. The number of rotatable bonds is 5. The van der Waals surface area contributed by atoms with Crippen LogP contribution in [-0.4, -0.2) is 37.6 Å². The third kappa shape index (κ3) is 4.03. The van der Waals surface area contributed by atoms with Crippen LogP contribution in [0.15, 0.2) is 29.3 Å². The number of anilines is 2. The first-order chi connectivity index (χ1) is 15.5. The lowest BCUT2D eigenvalue weighted by Crippen LogP contribution is -2.19. The molecule has 0 fully saturated rings. The lowest BCUT2D eigenvalue weighted by molar-refractivity contribution is 0.0783. The molecule has 1 amide bonds. The molecule has 0 aliphatic heterocycles. The largest absolute Gasteiger partial charge is 0.383 e. The zero-order valence-electron chi connectivity index (χ0n) is 19.3. The average molecular weight is 467 g/mol. The molecule has 4 heterocycles. The van der Waals surface area contributed by atoms with Crippen LogP contribution in [0, 0.1) is 13.8 Å². The second-order valence-corrected chi connectivity index (χ2v) is 9.48. The first-order valence-electron chi connectivity index (χ1n) is 10.4. The number of hydrogen-bond acceptors (Lipinski definition) is 7. The fourth-order valence-electron chi connectivity index (χ4n) is 3.62. The smallest absolute Gasteiger partial charge is 0.274 e. The number of H-pyrrole nitrogens is 1. The van der Waals surface area contributed by atoms with Crippen LogP contribution in [0.4, 0.5) is 11.5 Å². The highest BCUT2D eigenvalue weighted by atomic mass is 32.1. The van der Waals surface area contributed by atoms with E-state index in [1.807, 2.05) is 19.9 Å². The van der Waals surface area contributed by atoms with Crippen LogP contribution in [0.2, 0.25) is 0 Å². The molecule has 4 aromatic heterocycles. The van der Waals surface area contributed by atoms with Crippen molar-refractivity contribution in [2.75, 3.05) is 12.4 Å². The van der Waals surface area contributed by atoms with Crippen molar-refractivity contribution in [2.45, 2.75) is 33.3 Å². The number of aryl methyl sites for hydroxylation is 3. The summed E-state index contributed by atoms with van der Waals surface area (Å²) in [5.41, 5.74) is 2.56. The Morgan fingerprint density at radius 2 is 2.03 bits per heavy atom. The summed E-state index contributed by atoms with van der Waals surface area (Å²) in [6, 6.07) is 3.57. The van der Waals surface area contributed by atoms with Crippen molar-refractivity contribution in [2.24, 2.45) is 7.05 Å². The number of thiazole rings is 1. The van der Waals surface area contributed by atoms with Crippen molar-refractivity contribution in [1.82, 2.24) is 24.8 Å². The van der Waals surface area contributed by atoms with Crippen molar-refractivity contribution in [3.05, 3.63) is 56.8 Å². The van der Waals surface area contributed by atoms with Gasteiger partial charge in [-0.1, -0.05) is 0 Å². The highest BCUT2D eigenvalue weighted by Crippen LogP contribution is 2.42. The number of aliphatic hydroxyl groups is 1. The Morgan fingerprint density at radius 1 is 1.30 bits per heavy atom.